The van der Waals surface area contributed by atoms with Gasteiger partial charge in [-0.3, -0.25) is 9.79 Å². The Kier molecular flexibility index (Phi) is 3.57. The number of carbonyl (C=O) groups excluding carboxylic acids is 1. The van der Waals surface area contributed by atoms with Crippen molar-refractivity contribution in [1.82, 2.24) is 5.32 Å². The van der Waals surface area contributed by atoms with Crippen molar-refractivity contribution >= 4 is 17.3 Å². The van der Waals surface area contributed by atoms with E-state index in [9.17, 15) is 4.79 Å². The van der Waals surface area contributed by atoms with Gasteiger partial charge in [-0.25, -0.2) is 0 Å². The number of carbonyl (C=O) groups is 1. The fourth-order valence-electron chi connectivity index (χ4n) is 2.84. The number of nitrogens with zero attached hydrogens (tertiary/aromatic N) is 1. The second kappa shape index (κ2) is 5.37. The molecule has 1 aromatic rings. The predicted octanol–water partition coefficient (Wildman–Crippen LogP) is 2.34. The number of nitrogens with one attached hydrogen (secondary N) is 2. The molecule has 2 aliphatic heterocycles. The van der Waals surface area contributed by atoms with Gasteiger partial charge in [0.2, 0.25) is 5.91 Å². The molecule has 20 heavy (non-hydrogen) atoms. The van der Waals surface area contributed by atoms with Crippen molar-refractivity contribution in [3.8, 4) is 0 Å². The number of hydrogen-bond donors (Lipinski definition) is 2. The first-order valence-corrected chi connectivity index (χ1v) is 7.37. The molecule has 0 fully saturated rings. The fraction of sp³-hybridized carbons (Fsp3) is 0.500. The summed E-state index contributed by atoms with van der Waals surface area (Å²) in [6.07, 6.45) is 1.92. The first kappa shape index (κ1) is 13.3. The molecule has 0 aliphatic carbocycles. The minimum Gasteiger partial charge on any atom is -0.325 e. The number of benzene rings is 1. The normalized spacial score (nSPS) is 21.1. The van der Waals surface area contributed by atoms with Gasteiger partial charge in [0.1, 0.15) is 0 Å². The summed E-state index contributed by atoms with van der Waals surface area (Å²) < 4.78 is 0. The quantitative estimate of drug-likeness (QED) is 0.886. The van der Waals surface area contributed by atoms with E-state index in [1.807, 2.05) is 0 Å². The van der Waals surface area contributed by atoms with Crippen LogP contribution in [0, 0.1) is 5.92 Å². The van der Waals surface area contributed by atoms with Crippen LogP contribution in [0.5, 0.6) is 0 Å². The topological polar surface area (TPSA) is 53.5 Å². The molecule has 1 atom stereocenters. The van der Waals surface area contributed by atoms with Crippen LogP contribution in [-0.4, -0.2) is 24.2 Å². The molecule has 2 aliphatic rings. The lowest BCUT2D eigenvalue weighted by Gasteiger charge is -2.29. The van der Waals surface area contributed by atoms with Gasteiger partial charge in [-0.05, 0) is 24.5 Å². The maximum absolute atomic E-state index is 12.2. The lowest BCUT2D eigenvalue weighted by molar-refractivity contribution is -0.118. The second-order valence-corrected chi connectivity index (χ2v) is 5.87. The largest absolute Gasteiger partial charge is 0.325 e. The molecule has 0 spiro atoms. The van der Waals surface area contributed by atoms with E-state index in [2.05, 4.69) is 47.7 Å². The number of fused-ring (bicyclic) bond motifs is 3. The Hall–Kier alpha value is -1.68. The third kappa shape index (κ3) is 2.48. The number of aliphatic imine (C=N–C) groups is 1. The van der Waals surface area contributed by atoms with Crippen molar-refractivity contribution in [3.05, 3.63) is 29.3 Å². The zero-order chi connectivity index (χ0) is 14.1. The van der Waals surface area contributed by atoms with Gasteiger partial charge in [-0.1, -0.05) is 26.0 Å². The fourth-order valence-corrected chi connectivity index (χ4v) is 2.84. The minimum absolute atomic E-state index is 0.0455. The molecule has 2 N–H and O–H groups in total. The smallest absolute Gasteiger partial charge is 0.233 e. The van der Waals surface area contributed by atoms with Gasteiger partial charge in [-0.2, -0.15) is 0 Å². The predicted molar refractivity (Wildman–Crippen MR) is 81.2 cm³/mol. The summed E-state index contributed by atoms with van der Waals surface area (Å²) in [6, 6.07) is 6.74. The summed E-state index contributed by atoms with van der Waals surface area (Å²) in [7, 11) is 0. The van der Waals surface area contributed by atoms with Gasteiger partial charge in [0, 0.05) is 24.7 Å². The summed E-state index contributed by atoms with van der Waals surface area (Å²) >= 11 is 0. The van der Waals surface area contributed by atoms with Crippen molar-refractivity contribution in [3.63, 3.8) is 0 Å². The van der Waals surface area contributed by atoms with Crippen molar-refractivity contribution in [2.75, 3.05) is 11.9 Å². The Bertz CT molecular complexity index is 563. The van der Waals surface area contributed by atoms with Gasteiger partial charge >= 0.3 is 0 Å². The molecule has 2 heterocycles. The maximum Gasteiger partial charge on any atom is 0.233 e. The molecule has 1 amide bonds. The molecule has 106 valence electrons. The Morgan fingerprint density at radius 1 is 1.45 bits per heavy atom. The van der Waals surface area contributed by atoms with Gasteiger partial charge in [0.25, 0.3) is 0 Å². The molecule has 4 nitrogen and oxygen atoms in total. The van der Waals surface area contributed by atoms with Crippen LogP contribution in [0.2, 0.25) is 0 Å². The van der Waals surface area contributed by atoms with Crippen molar-refractivity contribution < 1.29 is 4.79 Å². The summed E-state index contributed by atoms with van der Waals surface area (Å²) in [5.41, 5.74) is 4.18. The van der Waals surface area contributed by atoms with Crippen LogP contribution in [0.4, 0.5) is 5.69 Å². The van der Waals surface area contributed by atoms with Crippen LogP contribution in [0.1, 0.15) is 37.8 Å². The van der Waals surface area contributed by atoms with Crippen LogP contribution < -0.4 is 10.6 Å². The minimum atomic E-state index is -0.0455. The molecule has 0 bridgehead atoms. The van der Waals surface area contributed by atoms with Crippen LogP contribution >= 0.6 is 0 Å². The Balaban J connectivity index is 1.90. The van der Waals surface area contributed by atoms with Crippen LogP contribution in [0.3, 0.4) is 0 Å². The Labute approximate surface area is 119 Å². The van der Waals surface area contributed by atoms with Gasteiger partial charge in [-0.15, -0.1) is 0 Å². The molecule has 4 heteroatoms. The highest BCUT2D eigenvalue weighted by Crippen LogP contribution is 2.31. The highest BCUT2D eigenvalue weighted by Gasteiger charge is 2.33. The van der Waals surface area contributed by atoms with Crippen molar-refractivity contribution in [1.29, 1.82) is 0 Å². The zero-order valence-corrected chi connectivity index (χ0v) is 12.1. The maximum atomic E-state index is 12.2. The highest BCUT2D eigenvalue weighted by atomic mass is 16.2. The Morgan fingerprint density at radius 3 is 3.10 bits per heavy atom. The van der Waals surface area contributed by atoms with E-state index in [0.717, 1.165) is 42.9 Å². The molecule has 0 radical (unpaired) electrons. The van der Waals surface area contributed by atoms with Crippen molar-refractivity contribution in [2.45, 2.75) is 39.3 Å². The molecule has 1 unspecified atom stereocenters. The Morgan fingerprint density at radius 2 is 2.30 bits per heavy atom. The summed E-state index contributed by atoms with van der Waals surface area (Å²) in [6.45, 7) is 5.91. The molecular weight excluding hydrogens is 250 g/mol. The molecule has 0 saturated heterocycles. The lowest BCUT2D eigenvalue weighted by Crippen LogP contribution is -2.37. The molecule has 1 aromatic carbocycles. The second-order valence-electron chi connectivity index (χ2n) is 5.87. The summed E-state index contributed by atoms with van der Waals surface area (Å²) in [4.78, 5) is 16.7. The van der Waals surface area contributed by atoms with Crippen LogP contribution in [0.15, 0.2) is 23.2 Å². The van der Waals surface area contributed by atoms with Crippen LogP contribution in [0.25, 0.3) is 0 Å². The first-order valence-electron chi connectivity index (χ1n) is 7.37. The molecule has 0 saturated carbocycles. The number of rotatable bonds is 3. The molecular formula is C16H21N3O. The van der Waals surface area contributed by atoms with Gasteiger partial charge < -0.3 is 10.6 Å². The third-order valence-electron chi connectivity index (χ3n) is 3.91. The van der Waals surface area contributed by atoms with E-state index in [0.29, 0.717) is 6.04 Å². The van der Waals surface area contributed by atoms with Gasteiger partial charge in [0.05, 0.1) is 17.3 Å². The van der Waals surface area contributed by atoms with E-state index < -0.39 is 0 Å². The zero-order valence-electron chi connectivity index (χ0n) is 12.1. The third-order valence-corrected chi connectivity index (χ3v) is 3.91. The average molecular weight is 271 g/mol. The monoisotopic (exact) mass is 271 g/mol. The van der Waals surface area contributed by atoms with E-state index in [1.165, 1.54) is 5.56 Å². The van der Waals surface area contributed by atoms with Crippen LogP contribution in [-0.2, 0) is 11.3 Å². The van der Waals surface area contributed by atoms with E-state index in [4.69, 9.17) is 0 Å². The summed E-state index contributed by atoms with van der Waals surface area (Å²) in [5, 5.41) is 6.43. The van der Waals surface area contributed by atoms with E-state index in [1.54, 1.807) is 0 Å². The average Bonchev–Trinajstić information content (AvgIpc) is 2.45. The standard InChI is InChI=1S/C16H21N3O/c1-10(2)18-9-11-5-6-12-14(8-11)19-16(20)13-4-3-7-17-15(12)13/h5-6,8,10,13,18H,3-4,7,9H2,1-2H3,(H,19,20). The SMILES string of the molecule is CC(C)NCc1ccc2c(c1)NC(=O)C1CCCN=C21. The van der Waals surface area contributed by atoms with E-state index >= 15 is 0 Å². The highest BCUT2D eigenvalue weighted by molar-refractivity contribution is 6.23. The van der Waals surface area contributed by atoms with Crippen molar-refractivity contribution in [2.24, 2.45) is 10.9 Å². The number of amides is 1. The first-order chi connectivity index (χ1) is 9.65. The summed E-state index contributed by atoms with van der Waals surface area (Å²) in [5.74, 6) is 0.0563. The van der Waals surface area contributed by atoms with Gasteiger partial charge in [0.15, 0.2) is 0 Å². The number of hydrogen-bond acceptors (Lipinski definition) is 3. The van der Waals surface area contributed by atoms with E-state index in [-0.39, 0.29) is 11.8 Å². The molecule has 3 rings (SSSR count). The lowest BCUT2D eigenvalue weighted by atomic mass is 9.85. The number of anilines is 1. The molecule has 0 aromatic heterocycles.